The van der Waals surface area contributed by atoms with Gasteiger partial charge < -0.3 is 9.13 Å². The first kappa shape index (κ1) is 28.2. The normalized spacial score (nSPS) is 11.6. The Bertz CT molecular complexity index is 2740. The molecule has 0 aliphatic carbocycles. The lowest BCUT2D eigenvalue weighted by molar-refractivity contribution is 1.17. The highest BCUT2D eigenvalue weighted by Gasteiger charge is 2.17. The topological polar surface area (TPSA) is 48.5 Å². The number of para-hydroxylation sites is 3. The fraction of sp³-hybridized carbons (Fsp3) is 0. The fourth-order valence-corrected chi connectivity index (χ4v) is 7.40. The van der Waals surface area contributed by atoms with Crippen LogP contribution in [0.5, 0.6) is 0 Å². The van der Waals surface area contributed by atoms with Gasteiger partial charge in [0.2, 0.25) is 0 Å². The summed E-state index contributed by atoms with van der Waals surface area (Å²) in [7, 11) is 0. The lowest BCUT2D eigenvalue weighted by atomic mass is 10.0. The van der Waals surface area contributed by atoms with Crippen LogP contribution in [0, 0.1) is 0 Å². The summed E-state index contributed by atoms with van der Waals surface area (Å²) in [5, 5.41) is 4.98. The van der Waals surface area contributed by atoms with Crippen LogP contribution in [0.25, 0.3) is 88.6 Å². The number of rotatable bonds is 5. The van der Waals surface area contributed by atoms with E-state index in [0.717, 1.165) is 45.0 Å². The summed E-state index contributed by atoms with van der Waals surface area (Å²) in [5.74, 6) is 0. The molecule has 5 aromatic carbocycles. The van der Waals surface area contributed by atoms with Crippen molar-refractivity contribution < 1.29 is 0 Å². The average molecular weight is 640 g/mol. The van der Waals surface area contributed by atoms with Crippen LogP contribution < -0.4 is 0 Å². The molecule has 5 heteroatoms. The SMILES string of the molecule is c1cncc(-c2cc(-c3ccc(-n4c5ccccc5c5cc(-n6c7ccccc7c7ccccc76)ccc54)cc3)cc(-c3cccnc3)n2)c1. The van der Waals surface area contributed by atoms with Gasteiger partial charge in [0, 0.05) is 68.8 Å². The maximum Gasteiger partial charge on any atom is 0.0731 e. The highest BCUT2D eigenvalue weighted by atomic mass is 15.0. The van der Waals surface area contributed by atoms with Gasteiger partial charge in [-0.2, -0.15) is 0 Å². The van der Waals surface area contributed by atoms with Crippen molar-refractivity contribution >= 4 is 43.6 Å². The second-order valence-corrected chi connectivity index (χ2v) is 12.6. The minimum Gasteiger partial charge on any atom is -0.309 e. The molecule has 0 aliphatic heterocycles. The number of pyridine rings is 3. The molecule has 0 aliphatic rings. The van der Waals surface area contributed by atoms with Gasteiger partial charge in [-0.3, -0.25) is 9.97 Å². The van der Waals surface area contributed by atoms with E-state index in [2.05, 4.69) is 146 Å². The summed E-state index contributed by atoms with van der Waals surface area (Å²) >= 11 is 0. The highest BCUT2D eigenvalue weighted by molar-refractivity contribution is 6.12. The van der Waals surface area contributed by atoms with Gasteiger partial charge in [-0.15, -0.1) is 0 Å². The molecule has 0 N–H and O–H groups in total. The molecule has 0 amide bonds. The molecule has 10 rings (SSSR count). The van der Waals surface area contributed by atoms with Crippen LogP contribution in [-0.2, 0) is 0 Å². The van der Waals surface area contributed by atoms with Gasteiger partial charge in [0.15, 0.2) is 0 Å². The number of fused-ring (bicyclic) bond motifs is 6. The smallest absolute Gasteiger partial charge is 0.0731 e. The van der Waals surface area contributed by atoms with Crippen molar-refractivity contribution in [2.45, 2.75) is 0 Å². The van der Waals surface area contributed by atoms with Crippen LogP contribution in [0.1, 0.15) is 0 Å². The van der Waals surface area contributed by atoms with Crippen molar-refractivity contribution in [3.05, 3.63) is 176 Å². The Morgan fingerprint density at radius 2 is 0.820 bits per heavy atom. The van der Waals surface area contributed by atoms with Crippen molar-refractivity contribution in [1.82, 2.24) is 24.1 Å². The number of benzene rings is 5. The molecule has 0 fully saturated rings. The van der Waals surface area contributed by atoms with E-state index in [4.69, 9.17) is 4.98 Å². The molecule has 0 saturated heterocycles. The fourth-order valence-electron chi connectivity index (χ4n) is 7.40. The zero-order valence-corrected chi connectivity index (χ0v) is 27.0. The van der Waals surface area contributed by atoms with Gasteiger partial charge in [0.1, 0.15) is 0 Å². The van der Waals surface area contributed by atoms with Crippen LogP contribution in [0.3, 0.4) is 0 Å². The third-order valence-corrected chi connectivity index (χ3v) is 9.69. The van der Waals surface area contributed by atoms with Crippen LogP contribution in [-0.4, -0.2) is 24.1 Å². The molecule has 5 aromatic heterocycles. The molecule has 234 valence electrons. The molecule has 0 saturated carbocycles. The summed E-state index contributed by atoms with van der Waals surface area (Å²) in [6.45, 7) is 0. The number of hydrogen-bond donors (Lipinski definition) is 0. The van der Waals surface area contributed by atoms with Crippen molar-refractivity contribution in [2.24, 2.45) is 0 Å². The summed E-state index contributed by atoms with van der Waals surface area (Å²) in [6.07, 6.45) is 7.29. The number of hydrogen-bond acceptors (Lipinski definition) is 3. The van der Waals surface area contributed by atoms with Gasteiger partial charge in [-0.1, -0.05) is 66.7 Å². The first-order valence-electron chi connectivity index (χ1n) is 16.8. The first-order valence-corrected chi connectivity index (χ1v) is 16.8. The van der Waals surface area contributed by atoms with E-state index in [1.165, 1.54) is 43.6 Å². The van der Waals surface area contributed by atoms with Gasteiger partial charge >= 0.3 is 0 Å². The molecule has 5 nitrogen and oxygen atoms in total. The maximum absolute atomic E-state index is 5.00. The van der Waals surface area contributed by atoms with Crippen molar-refractivity contribution in [3.8, 4) is 45.0 Å². The second-order valence-electron chi connectivity index (χ2n) is 12.6. The van der Waals surface area contributed by atoms with E-state index < -0.39 is 0 Å². The van der Waals surface area contributed by atoms with E-state index in [9.17, 15) is 0 Å². The Kier molecular flexibility index (Phi) is 6.42. The van der Waals surface area contributed by atoms with E-state index in [1.807, 2.05) is 36.7 Å². The van der Waals surface area contributed by atoms with E-state index >= 15 is 0 Å². The van der Waals surface area contributed by atoms with E-state index in [1.54, 1.807) is 12.4 Å². The predicted molar refractivity (Wildman–Crippen MR) is 205 cm³/mol. The Morgan fingerprint density at radius 3 is 1.36 bits per heavy atom. The quantitative estimate of drug-likeness (QED) is 0.188. The molecular formula is C45H29N5. The summed E-state index contributed by atoms with van der Waals surface area (Å²) in [6, 6.07) is 54.0. The van der Waals surface area contributed by atoms with E-state index in [-0.39, 0.29) is 0 Å². The largest absolute Gasteiger partial charge is 0.309 e. The summed E-state index contributed by atoms with van der Waals surface area (Å²) in [4.78, 5) is 13.7. The lowest BCUT2D eigenvalue weighted by Crippen LogP contribution is -1.96. The Labute approximate surface area is 288 Å². The summed E-state index contributed by atoms with van der Waals surface area (Å²) < 4.78 is 4.76. The number of nitrogens with zero attached hydrogens (tertiary/aromatic N) is 5. The third-order valence-electron chi connectivity index (χ3n) is 9.69. The third kappa shape index (κ3) is 4.52. The molecule has 50 heavy (non-hydrogen) atoms. The Morgan fingerprint density at radius 1 is 0.340 bits per heavy atom. The summed E-state index contributed by atoms with van der Waals surface area (Å²) in [5.41, 5.74) is 12.9. The zero-order valence-electron chi connectivity index (χ0n) is 27.0. The highest BCUT2D eigenvalue weighted by Crippen LogP contribution is 2.37. The van der Waals surface area contributed by atoms with Crippen LogP contribution >= 0.6 is 0 Å². The minimum atomic E-state index is 0.875. The Balaban J connectivity index is 1.11. The lowest BCUT2D eigenvalue weighted by Gasteiger charge is -2.12. The molecule has 5 heterocycles. The van der Waals surface area contributed by atoms with Gasteiger partial charge in [0.25, 0.3) is 0 Å². The monoisotopic (exact) mass is 639 g/mol. The molecule has 0 radical (unpaired) electrons. The van der Waals surface area contributed by atoms with Crippen LogP contribution in [0.2, 0.25) is 0 Å². The number of aromatic nitrogens is 5. The molecule has 10 aromatic rings. The molecule has 0 spiro atoms. The molecular weight excluding hydrogens is 611 g/mol. The molecule has 0 unspecified atom stereocenters. The standard InChI is InChI=1S/C45H29N5/c1-4-14-42-36(11-1)37-12-2-5-15-43(37)50(42)35-21-22-45-39(27-35)38-13-3-6-16-44(38)49(45)34-19-17-30(18-20-34)33-25-40(31-9-7-23-46-28-31)48-41(26-33)32-10-8-24-47-29-32/h1-29H. The van der Waals surface area contributed by atoms with Crippen molar-refractivity contribution in [3.63, 3.8) is 0 Å². The van der Waals surface area contributed by atoms with Crippen molar-refractivity contribution in [2.75, 3.05) is 0 Å². The zero-order chi connectivity index (χ0) is 33.0. The average Bonchev–Trinajstić information content (AvgIpc) is 3.71. The first-order chi connectivity index (χ1) is 24.8. The second kappa shape index (κ2) is 11.4. The maximum atomic E-state index is 5.00. The minimum absolute atomic E-state index is 0.875. The van der Waals surface area contributed by atoms with E-state index in [0.29, 0.717) is 0 Å². The molecule has 0 bridgehead atoms. The van der Waals surface area contributed by atoms with Crippen molar-refractivity contribution in [1.29, 1.82) is 0 Å². The Hall–Kier alpha value is -6.85. The van der Waals surface area contributed by atoms with Crippen LogP contribution in [0.4, 0.5) is 0 Å². The van der Waals surface area contributed by atoms with Crippen LogP contribution in [0.15, 0.2) is 176 Å². The molecule has 0 atom stereocenters. The predicted octanol–water partition coefficient (Wildman–Crippen LogP) is 11.1. The van der Waals surface area contributed by atoms with Gasteiger partial charge in [0.05, 0.1) is 33.5 Å². The van der Waals surface area contributed by atoms with Gasteiger partial charge in [-0.05, 0) is 96.1 Å². The van der Waals surface area contributed by atoms with Gasteiger partial charge in [-0.25, -0.2) is 4.98 Å².